The summed E-state index contributed by atoms with van der Waals surface area (Å²) < 4.78 is 1.01. The summed E-state index contributed by atoms with van der Waals surface area (Å²) in [7, 11) is 0. The molecule has 0 atom stereocenters. The first-order valence-corrected chi connectivity index (χ1v) is 17.9. The molecular formula is C46H43BrN2. The number of nitrogens with zero attached hydrogens (tertiary/aromatic N) is 2. The largest absolute Gasteiger partial charge is 0.309 e. The Bertz CT molecular complexity index is 2080. The van der Waals surface area contributed by atoms with E-state index in [0.29, 0.717) is 0 Å². The van der Waals surface area contributed by atoms with Crippen LogP contribution in [0.25, 0.3) is 21.5 Å². The van der Waals surface area contributed by atoms with Crippen LogP contribution in [0.4, 0.5) is 34.1 Å². The minimum atomic E-state index is 0.0603. The predicted octanol–water partition coefficient (Wildman–Crippen LogP) is 14.3. The van der Waals surface area contributed by atoms with Gasteiger partial charge in [0.15, 0.2) is 0 Å². The van der Waals surface area contributed by atoms with E-state index in [2.05, 4.69) is 219 Å². The van der Waals surface area contributed by atoms with Gasteiger partial charge < -0.3 is 9.80 Å². The van der Waals surface area contributed by atoms with Gasteiger partial charge in [-0.05, 0) is 97.2 Å². The van der Waals surface area contributed by atoms with E-state index >= 15 is 0 Å². The zero-order chi connectivity index (χ0) is 34.3. The minimum Gasteiger partial charge on any atom is -0.309 e. The number of rotatable bonds is 6. The van der Waals surface area contributed by atoms with E-state index in [0.717, 1.165) is 38.6 Å². The van der Waals surface area contributed by atoms with E-state index in [-0.39, 0.29) is 10.8 Å². The monoisotopic (exact) mass is 702 g/mol. The SMILES string of the molecule is CC(C)(C)c1ccc(N(c2cccc(N(c3ccc(C(C)(C)C)cc3)c3cccc4ccccc34)c2Br)c2cccc3ccccc23)cc1. The van der Waals surface area contributed by atoms with Crippen LogP contribution in [0.5, 0.6) is 0 Å². The van der Waals surface area contributed by atoms with Crippen LogP contribution in [0.2, 0.25) is 0 Å². The summed E-state index contributed by atoms with van der Waals surface area (Å²) in [6.45, 7) is 13.6. The molecule has 0 saturated carbocycles. The Balaban J connectivity index is 1.47. The average Bonchev–Trinajstić information content (AvgIpc) is 3.10. The maximum absolute atomic E-state index is 4.21. The molecule has 2 nitrogen and oxygen atoms in total. The van der Waals surface area contributed by atoms with Crippen molar-refractivity contribution in [2.45, 2.75) is 52.4 Å². The van der Waals surface area contributed by atoms with Gasteiger partial charge in [-0.2, -0.15) is 0 Å². The summed E-state index contributed by atoms with van der Waals surface area (Å²) >= 11 is 4.21. The number of hydrogen-bond donors (Lipinski definition) is 0. The molecule has 0 amide bonds. The maximum atomic E-state index is 4.21. The molecule has 49 heavy (non-hydrogen) atoms. The van der Waals surface area contributed by atoms with Crippen molar-refractivity contribution in [3.63, 3.8) is 0 Å². The Morgan fingerprint density at radius 1 is 0.367 bits per heavy atom. The second kappa shape index (κ2) is 12.9. The first-order chi connectivity index (χ1) is 23.5. The predicted molar refractivity (Wildman–Crippen MR) is 216 cm³/mol. The molecule has 0 unspecified atom stereocenters. The molecule has 0 heterocycles. The highest BCUT2D eigenvalue weighted by atomic mass is 79.9. The lowest BCUT2D eigenvalue weighted by Gasteiger charge is -2.32. The van der Waals surface area contributed by atoms with Gasteiger partial charge in [-0.15, -0.1) is 0 Å². The van der Waals surface area contributed by atoms with Gasteiger partial charge in [0.2, 0.25) is 0 Å². The number of anilines is 6. The van der Waals surface area contributed by atoms with Gasteiger partial charge in [-0.25, -0.2) is 0 Å². The molecule has 0 bridgehead atoms. The van der Waals surface area contributed by atoms with E-state index in [1.54, 1.807) is 0 Å². The van der Waals surface area contributed by atoms with E-state index in [1.807, 2.05) is 0 Å². The fraction of sp³-hybridized carbons (Fsp3) is 0.174. The molecule has 7 rings (SSSR count). The van der Waals surface area contributed by atoms with Crippen LogP contribution in [0.15, 0.2) is 156 Å². The van der Waals surface area contributed by atoms with E-state index in [4.69, 9.17) is 0 Å². The zero-order valence-corrected chi connectivity index (χ0v) is 30.8. The van der Waals surface area contributed by atoms with Crippen molar-refractivity contribution < 1.29 is 0 Å². The number of benzene rings is 7. The molecule has 3 heteroatoms. The average molecular weight is 704 g/mol. The standard InChI is InChI=1S/C46H43BrN2/c1-45(2,3)34-24-28-36(29-25-34)48(40-20-11-16-32-14-7-9-18-38(32)40)42-22-13-23-43(44(42)47)49(37-30-26-35(27-31-37)46(4,5)6)41-21-12-17-33-15-8-10-19-39(33)41/h7-31H,1-6H3. The van der Waals surface area contributed by atoms with Gasteiger partial charge in [0.05, 0.1) is 27.2 Å². The van der Waals surface area contributed by atoms with Crippen molar-refractivity contribution >= 4 is 71.6 Å². The van der Waals surface area contributed by atoms with Gasteiger partial charge in [0.25, 0.3) is 0 Å². The highest BCUT2D eigenvalue weighted by molar-refractivity contribution is 9.10. The van der Waals surface area contributed by atoms with E-state index in [1.165, 1.54) is 32.7 Å². The fourth-order valence-corrected chi connectivity index (χ4v) is 7.32. The molecule has 244 valence electrons. The van der Waals surface area contributed by atoms with Crippen LogP contribution < -0.4 is 9.80 Å². The Labute approximate surface area is 299 Å². The first-order valence-electron chi connectivity index (χ1n) is 17.1. The van der Waals surface area contributed by atoms with Crippen molar-refractivity contribution in [3.8, 4) is 0 Å². The molecule has 0 aromatic heterocycles. The molecule has 0 aliphatic carbocycles. The second-order valence-corrected chi connectivity index (χ2v) is 15.7. The molecule has 0 aliphatic heterocycles. The van der Waals surface area contributed by atoms with Crippen molar-refractivity contribution in [3.05, 3.63) is 167 Å². The molecule has 0 radical (unpaired) electrons. The van der Waals surface area contributed by atoms with Crippen LogP contribution in [0.3, 0.4) is 0 Å². The number of fused-ring (bicyclic) bond motifs is 2. The van der Waals surface area contributed by atoms with Gasteiger partial charge in [0.1, 0.15) is 0 Å². The molecular weight excluding hydrogens is 660 g/mol. The highest BCUT2D eigenvalue weighted by Crippen LogP contribution is 2.49. The Morgan fingerprint density at radius 3 is 1.08 bits per heavy atom. The normalized spacial score (nSPS) is 12.0. The van der Waals surface area contributed by atoms with Gasteiger partial charge in [-0.1, -0.05) is 145 Å². The molecule has 0 fully saturated rings. The summed E-state index contributed by atoms with van der Waals surface area (Å²) in [4.78, 5) is 4.79. The third-order valence-corrected chi connectivity index (χ3v) is 10.3. The van der Waals surface area contributed by atoms with Gasteiger partial charge in [0, 0.05) is 22.1 Å². The van der Waals surface area contributed by atoms with Gasteiger partial charge in [-0.3, -0.25) is 0 Å². The van der Waals surface area contributed by atoms with Crippen molar-refractivity contribution in [2.24, 2.45) is 0 Å². The topological polar surface area (TPSA) is 6.48 Å². The summed E-state index contributed by atoms with van der Waals surface area (Å²) in [6, 6.07) is 55.2. The van der Waals surface area contributed by atoms with E-state index in [9.17, 15) is 0 Å². The third kappa shape index (κ3) is 6.36. The number of halogens is 1. The van der Waals surface area contributed by atoms with Crippen molar-refractivity contribution in [1.29, 1.82) is 0 Å². The lowest BCUT2D eigenvalue weighted by molar-refractivity contribution is 0.590. The lowest BCUT2D eigenvalue weighted by Crippen LogP contribution is -2.16. The minimum absolute atomic E-state index is 0.0603. The number of hydrogen-bond acceptors (Lipinski definition) is 2. The molecule has 0 aliphatic rings. The molecule has 7 aromatic carbocycles. The third-order valence-electron chi connectivity index (χ3n) is 9.44. The zero-order valence-electron chi connectivity index (χ0n) is 29.2. The molecule has 7 aromatic rings. The van der Waals surface area contributed by atoms with Crippen LogP contribution in [0.1, 0.15) is 52.7 Å². The quantitative estimate of drug-likeness (QED) is 0.170. The molecule has 0 saturated heterocycles. The summed E-state index contributed by atoms with van der Waals surface area (Å²) in [6.07, 6.45) is 0. The van der Waals surface area contributed by atoms with Crippen LogP contribution in [-0.2, 0) is 10.8 Å². The van der Waals surface area contributed by atoms with Crippen molar-refractivity contribution in [1.82, 2.24) is 0 Å². The van der Waals surface area contributed by atoms with E-state index < -0.39 is 0 Å². The van der Waals surface area contributed by atoms with Crippen molar-refractivity contribution in [2.75, 3.05) is 9.80 Å². The summed E-state index contributed by atoms with van der Waals surface area (Å²) in [5, 5.41) is 4.82. The van der Waals surface area contributed by atoms with Crippen LogP contribution in [-0.4, -0.2) is 0 Å². The molecule has 0 N–H and O–H groups in total. The first kappa shape index (κ1) is 32.7. The summed E-state index contributed by atoms with van der Waals surface area (Å²) in [5.74, 6) is 0. The molecule has 0 spiro atoms. The fourth-order valence-electron chi connectivity index (χ4n) is 6.70. The highest BCUT2D eigenvalue weighted by Gasteiger charge is 2.25. The second-order valence-electron chi connectivity index (χ2n) is 14.9. The maximum Gasteiger partial charge on any atom is 0.0656 e. The lowest BCUT2D eigenvalue weighted by atomic mass is 9.87. The van der Waals surface area contributed by atoms with Gasteiger partial charge >= 0.3 is 0 Å². The Morgan fingerprint density at radius 2 is 0.694 bits per heavy atom. The summed E-state index contributed by atoms with van der Waals surface area (Å²) in [5.41, 5.74) is 9.34. The van der Waals surface area contributed by atoms with Crippen LogP contribution in [0, 0.1) is 0 Å². The smallest absolute Gasteiger partial charge is 0.0656 e. The van der Waals surface area contributed by atoms with Crippen LogP contribution >= 0.6 is 15.9 Å². The Hall–Kier alpha value is -4.86. The Kier molecular flexibility index (Phi) is 8.58.